The predicted molar refractivity (Wildman–Crippen MR) is 66.3 cm³/mol. The maximum atomic E-state index is 8.98. The second-order valence-corrected chi connectivity index (χ2v) is 5.10. The average Bonchev–Trinajstić information content (AvgIpc) is 2.51. The lowest BCUT2D eigenvalue weighted by Gasteiger charge is -2.13. The van der Waals surface area contributed by atoms with Crippen LogP contribution in [0.3, 0.4) is 0 Å². The fraction of sp³-hybridized carbons (Fsp3) is 0.636. The number of aryl methyl sites for hydroxylation is 2. The molecule has 5 heteroatoms. The molecule has 0 saturated heterocycles. The molecule has 0 bridgehead atoms. The van der Waals surface area contributed by atoms with Gasteiger partial charge in [-0.2, -0.15) is 10.4 Å². The second kappa shape index (κ2) is 5.92. The Bertz CT molecular complexity index is 378. The van der Waals surface area contributed by atoms with Gasteiger partial charge in [-0.1, -0.05) is 0 Å². The normalized spacial score (nSPS) is 12.8. The maximum absolute atomic E-state index is 8.98. The number of hydrogen-bond donors (Lipinski definition) is 1. The summed E-state index contributed by atoms with van der Waals surface area (Å²) < 4.78 is 1.85. The van der Waals surface area contributed by atoms with Gasteiger partial charge in [0.2, 0.25) is 0 Å². The molecule has 16 heavy (non-hydrogen) atoms. The highest BCUT2D eigenvalue weighted by molar-refractivity contribution is 7.99. The summed E-state index contributed by atoms with van der Waals surface area (Å²) in [5, 5.41) is 17.6. The Morgan fingerprint density at radius 3 is 2.75 bits per heavy atom. The summed E-state index contributed by atoms with van der Waals surface area (Å²) in [5.74, 6) is 0.744. The Morgan fingerprint density at radius 2 is 2.31 bits per heavy atom. The van der Waals surface area contributed by atoms with E-state index in [2.05, 4.69) is 16.5 Å². The Kier molecular flexibility index (Phi) is 4.84. The Morgan fingerprint density at radius 1 is 1.62 bits per heavy atom. The fourth-order valence-electron chi connectivity index (χ4n) is 1.42. The fourth-order valence-corrected chi connectivity index (χ4v) is 2.41. The van der Waals surface area contributed by atoms with Crippen molar-refractivity contribution in [2.45, 2.75) is 37.9 Å². The van der Waals surface area contributed by atoms with Crippen molar-refractivity contribution in [3.63, 3.8) is 0 Å². The van der Waals surface area contributed by atoms with Crippen LogP contribution >= 0.6 is 11.8 Å². The van der Waals surface area contributed by atoms with Crippen LogP contribution in [0.5, 0.6) is 0 Å². The van der Waals surface area contributed by atoms with Crippen LogP contribution < -0.4 is 5.32 Å². The van der Waals surface area contributed by atoms with E-state index in [0.717, 1.165) is 16.5 Å². The third kappa shape index (κ3) is 3.87. The first-order chi connectivity index (χ1) is 7.52. The topological polar surface area (TPSA) is 53.6 Å². The number of nitrogens with one attached hydrogen (secondary N) is 1. The molecule has 0 saturated carbocycles. The zero-order chi connectivity index (χ0) is 12.1. The minimum Gasteiger partial charge on any atom is -0.299 e. The summed E-state index contributed by atoms with van der Waals surface area (Å²) in [7, 11) is 1.92. The van der Waals surface area contributed by atoms with Crippen molar-refractivity contribution in [2.75, 3.05) is 5.75 Å². The van der Waals surface area contributed by atoms with Gasteiger partial charge in [0.05, 0.1) is 16.8 Å². The highest BCUT2D eigenvalue weighted by Crippen LogP contribution is 2.18. The van der Waals surface area contributed by atoms with Crippen molar-refractivity contribution in [3.8, 4) is 6.07 Å². The molecule has 1 heterocycles. The van der Waals surface area contributed by atoms with Crippen LogP contribution in [0.25, 0.3) is 0 Å². The van der Waals surface area contributed by atoms with E-state index in [-0.39, 0.29) is 6.04 Å². The van der Waals surface area contributed by atoms with Crippen LogP contribution in [-0.2, 0) is 7.05 Å². The monoisotopic (exact) mass is 238 g/mol. The molecule has 0 aliphatic heterocycles. The van der Waals surface area contributed by atoms with E-state index in [4.69, 9.17) is 5.26 Å². The summed E-state index contributed by atoms with van der Waals surface area (Å²) in [4.78, 5) is 0. The Labute approximate surface area is 101 Å². The summed E-state index contributed by atoms with van der Waals surface area (Å²) >= 11 is 1.66. The highest BCUT2D eigenvalue weighted by Gasteiger charge is 2.10. The van der Waals surface area contributed by atoms with E-state index >= 15 is 0 Å². The van der Waals surface area contributed by atoms with Gasteiger partial charge in [0, 0.05) is 18.8 Å². The largest absolute Gasteiger partial charge is 0.299 e. The number of aromatic nitrogens is 2. The number of nitrogens with zero attached hydrogens (tertiary/aromatic N) is 3. The number of thioether (sulfide) groups is 1. The summed E-state index contributed by atoms with van der Waals surface area (Å²) in [5.41, 5.74) is 1.01. The first-order valence-corrected chi connectivity index (χ1v) is 6.30. The zero-order valence-corrected chi connectivity index (χ0v) is 11.0. The van der Waals surface area contributed by atoms with Crippen LogP contribution in [0.4, 0.5) is 0 Å². The molecule has 1 unspecified atom stereocenters. The van der Waals surface area contributed by atoms with E-state index in [1.165, 1.54) is 0 Å². The van der Waals surface area contributed by atoms with Crippen LogP contribution in [0.2, 0.25) is 0 Å². The zero-order valence-electron chi connectivity index (χ0n) is 10.2. The van der Waals surface area contributed by atoms with Gasteiger partial charge in [-0.3, -0.25) is 10.00 Å². The lowest BCUT2D eigenvalue weighted by molar-refractivity contribution is 0.560. The van der Waals surface area contributed by atoms with Gasteiger partial charge in [0.15, 0.2) is 0 Å². The number of hydrogen-bond acceptors (Lipinski definition) is 4. The molecular formula is C11H18N4S. The minimum absolute atomic E-state index is 0.111. The molecule has 0 spiro atoms. The average molecular weight is 238 g/mol. The number of nitriles is 1. The van der Waals surface area contributed by atoms with E-state index in [0.29, 0.717) is 6.04 Å². The predicted octanol–water partition coefficient (Wildman–Crippen LogP) is 1.71. The third-order valence-electron chi connectivity index (χ3n) is 2.05. The quantitative estimate of drug-likeness (QED) is 0.793. The molecule has 1 atom stereocenters. The minimum atomic E-state index is -0.111. The van der Waals surface area contributed by atoms with Gasteiger partial charge in [-0.25, -0.2) is 0 Å². The molecule has 1 rings (SSSR count). The first kappa shape index (κ1) is 13.1. The first-order valence-electron chi connectivity index (χ1n) is 5.32. The van der Waals surface area contributed by atoms with Crippen molar-refractivity contribution in [1.82, 2.24) is 15.1 Å². The van der Waals surface area contributed by atoms with E-state index < -0.39 is 0 Å². The molecule has 0 aromatic carbocycles. The standard InChI is InChI=1S/C11H18N4S/c1-8(2)13-10(6-12)7-16-11-5-9(3)14-15(11)4/h5,8,10,13H,7H2,1-4H3. The van der Waals surface area contributed by atoms with Gasteiger partial charge in [0.1, 0.15) is 6.04 Å². The van der Waals surface area contributed by atoms with Crippen molar-refractivity contribution < 1.29 is 0 Å². The van der Waals surface area contributed by atoms with Crippen molar-refractivity contribution in [3.05, 3.63) is 11.8 Å². The van der Waals surface area contributed by atoms with Crippen LogP contribution in [0.15, 0.2) is 11.1 Å². The number of rotatable bonds is 5. The van der Waals surface area contributed by atoms with Crippen molar-refractivity contribution >= 4 is 11.8 Å². The van der Waals surface area contributed by atoms with Crippen LogP contribution in [-0.4, -0.2) is 27.6 Å². The van der Waals surface area contributed by atoms with E-state index in [9.17, 15) is 0 Å². The van der Waals surface area contributed by atoms with Gasteiger partial charge in [-0.15, -0.1) is 11.8 Å². The highest BCUT2D eigenvalue weighted by atomic mass is 32.2. The van der Waals surface area contributed by atoms with Crippen molar-refractivity contribution in [1.29, 1.82) is 5.26 Å². The van der Waals surface area contributed by atoms with Crippen LogP contribution in [0, 0.1) is 18.3 Å². The lowest BCUT2D eigenvalue weighted by atomic mass is 10.3. The molecular weight excluding hydrogens is 220 g/mol. The van der Waals surface area contributed by atoms with Gasteiger partial charge < -0.3 is 0 Å². The SMILES string of the molecule is Cc1cc(SCC(C#N)NC(C)C)n(C)n1. The van der Waals surface area contributed by atoms with Gasteiger partial charge in [-0.05, 0) is 26.8 Å². The van der Waals surface area contributed by atoms with Crippen molar-refractivity contribution in [2.24, 2.45) is 7.05 Å². The molecule has 0 aliphatic carbocycles. The van der Waals surface area contributed by atoms with E-state index in [1.54, 1.807) is 11.8 Å². The molecule has 1 aromatic heterocycles. The molecule has 4 nitrogen and oxygen atoms in total. The molecule has 88 valence electrons. The molecule has 1 aromatic rings. The smallest absolute Gasteiger partial charge is 0.105 e. The van der Waals surface area contributed by atoms with E-state index in [1.807, 2.05) is 38.6 Å². The lowest BCUT2D eigenvalue weighted by Crippen LogP contribution is -2.35. The molecule has 0 radical (unpaired) electrons. The Hall–Kier alpha value is -0.990. The molecule has 0 amide bonds. The molecule has 0 aliphatic rings. The molecule has 1 N–H and O–H groups in total. The second-order valence-electron chi connectivity index (χ2n) is 4.06. The third-order valence-corrected chi connectivity index (χ3v) is 3.23. The van der Waals surface area contributed by atoms with Gasteiger partial charge >= 0.3 is 0 Å². The van der Waals surface area contributed by atoms with Gasteiger partial charge in [0.25, 0.3) is 0 Å². The Balaban J connectivity index is 2.50. The summed E-state index contributed by atoms with van der Waals surface area (Å²) in [6.45, 7) is 6.06. The summed E-state index contributed by atoms with van der Waals surface area (Å²) in [6.07, 6.45) is 0. The maximum Gasteiger partial charge on any atom is 0.105 e. The van der Waals surface area contributed by atoms with Crippen LogP contribution in [0.1, 0.15) is 19.5 Å². The molecule has 0 fully saturated rings. The summed E-state index contributed by atoms with van der Waals surface area (Å²) in [6, 6.07) is 4.53.